The summed E-state index contributed by atoms with van der Waals surface area (Å²) in [6.07, 6.45) is 4.59. The first-order valence-electron chi connectivity index (χ1n) is 7.78. The van der Waals surface area contributed by atoms with Crippen LogP contribution in [0.5, 0.6) is 0 Å². The van der Waals surface area contributed by atoms with Crippen LogP contribution in [0.15, 0.2) is 0 Å². The quantitative estimate of drug-likeness (QED) is 0.788. The standard InChI is InChI=1S/C15H28N2O3/c1-4-11(3)17(5-2)15(20)16-10-12-8-6-7-9-13(12)14(18)19/h11-13H,4-10H2,1-3H3,(H,16,20)(H,18,19). The van der Waals surface area contributed by atoms with E-state index in [4.69, 9.17) is 0 Å². The first-order valence-corrected chi connectivity index (χ1v) is 7.78. The molecule has 1 aliphatic rings. The lowest BCUT2D eigenvalue weighted by atomic mass is 9.79. The van der Waals surface area contributed by atoms with E-state index in [2.05, 4.69) is 12.2 Å². The highest BCUT2D eigenvalue weighted by Crippen LogP contribution is 2.29. The van der Waals surface area contributed by atoms with E-state index in [-0.39, 0.29) is 23.9 Å². The summed E-state index contributed by atoms with van der Waals surface area (Å²) in [5.41, 5.74) is 0. The van der Waals surface area contributed by atoms with Crippen molar-refractivity contribution in [1.82, 2.24) is 10.2 Å². The molecule has 3 unspecified atom stereocenters. The number of rotatable bonds is 6. The van der Waals surface area contributed by atoms with Gasteiger partial charge in [0.15, 0.2) is 0 Å². The normalized spacial score (nSPS) is 23.9. The van der Waals surface area contributed by atoms with E-state index in [0.717, 1.165) is 32.1 Å². The lowest BCUT2D eigenvalue weighted by molar-refractivity contribution is -0.144. The molecule has 0 bridgehead atoms. The number of hydrogen-bond acceptors (Lipinski definition) is 2. The summed E-state index contributed by atoms with van der Waals surface area (Å²) in [6.45, 7) is 7.20. The van der Waals surface area contributed by atoms with Crippen LogP contribution in [0, 0.1) is 11.8 Å². The summed E-state index contributed by atoms with van der Waals surface area (Å²) >= 11 is 0. The Morgan fingerprint density at radius 2 is 1.95 bits per heavy atom. The van der Waals surface area contributed by atoms with Crippen molar-refractivity contribution in [3.05, 3.63) is 0 Å². The third-order valence-corrected chi connectivity index (χ3v) is 4.47. The molecule has 5 heteroatoms. The molecule has 0 aromatic heterocycles. The van der Waals surface area contributed by atoms with Gasteiger partial charge in [0, 0.05) is 19.1 Å². The molecule has 3 atom stereocenters. The average molecular weight is 284 g/mol. The van der Waals surface area contributed by atoms with Gasteiger partial charge in [-0.05, 0) is 39.0 Å². The molecule has 1 rings (SSSR count). The molecule has 1 saturated carbocycles. The molecule has 20 heavy (non-hydrogen) atoms. The second-order valence-electron chi connectivity index (χ2n) is 5.72. The summed E-state index contributed by atoms with van der Waals surface area (Å²) < 4.78 is 0. The Bertz CT molecular complexity index is 333. The predicted molar refractivity (Wildman–Crippen MR) is 78.6 cm³/mol. The maximum atomic E-state index is 12.2. The third kappa shape index (κ3) is 4.39. The summed E-state index contributed by atoms with van der Waals surface area (Å²) in [5, 5.41) is 12.2. The fraction of sp³-hybridized carbons (Fsp3) is 0.867. The summed E-state index contributed by atoms with van der Waals surface area (Å²) in [5.74, 6) is -0.957. The van der Waals surface area contributed by atoms with Gasteiger partial charge < -0.3 is 15.3 Å². The largest absolute Gasteiger partial charge is 0.481 e. The van der Waals surface area contributed by atoms with Crippen molar-refractivity contribution in [2.75, 3.05) is 13.1 Å². The van der Waals surface area contributed by atoms with Crippen molar-refractivity contribution in [2.45, 2.75) is 58.9 Å². The number of amides is 2. The van der Waals surface area contributed by atoms with E-state index < -0.39 is 5.97 Å². The Hall–Kier alpha value is -1.26. The fourth-order valence-corrected chi connectivity index (χ4v) is 2.97. The number of nitrogens with zero attached hydrogens (tertiary/aromatic N) is 1. The van der Waals surface area contributed by atoms with Crippen LogP contribution < -0.4 is 5.32 Å². The number of nitrogens with one attached hydrogen (secondary N) is 1. The maximum Gasteiger partial charge on any atom is 0.317 e. The van der Waals surface area contributed by atoms with Crippen molar-refractivity contribution < 1.29 is 14.7 Å². The van der Waals surface area contributed by atoms with E-state index in [1.165, 1.54) is 0 Å². The predicted octanol–water partition coefficient (Wildman–Crippen LogP) is 2.71. The highest BCUT2D eigenvalue weighted by atomic mass is 16.4. The molecule has 0 aromatic carbocycles. The van der Waals surface area contributed by atoms with E-state index in [0.29, 0.717) is 13.1 Å². The van der Waals surface area contributed by atoms with Crippen LogP contribution in [0.4, 0.5) is 4.79 Å². The fourth-order valence-electron chi connectivity index (χ4n) is 2.97. The minimum atomic E-state index is -0.724. The number of carbonyl (C=O) groups excluding carboxylic acids is 1. The van der Waals surface area contributed by atoms with Gasteiger partial charge in [-0.1, -0.05) is 19.8 Å². The second kappa shape index (κ2) is 8.12. The lowest BCUT2D eigenvalue weighted by Gasteiger charge is -2.31. The number of carboxylic acids is 1. The molecular formula is C15H28N2O3. The molecule has 1 aliphatic carbocycles. The summed E-state index contributed by atoms with van der Waals surface area (Å²) in [7, 11) is 0. The van der Waals surface area contributed by atoms with E-state index in [1.54, 1.807) is 4.90 Å². The minimum absolute atomic E-state index is 0.0702. The van der Waals surface area contributed by atoms with Gasteiger partial charge >= 0.3 is 12.0 Å². The van der Waals surface area contributed by atoms with Crippen molar-refractivity contribution in [3.8, 4) is 0 Å². The van der Waals surface area contributed by atoms with Crippen LogP contribution in [0.1, 0.15) is 52.9 Å². The third-order valence-electron chi connectivity index (χ3n) is 4.47. The van der Waals surface area contributed by atoms with Gasteiger partial charge in [0.2, 0.25) is 0 Å². The number of carbonyl (C=O) groups is 2. The smallest absolute Gasteiger partial charge is 0.317 e. The van der Waals surface area contributed by atoms with E-state index in [9.17, 15) is 14.7 Å². The molecular weight excluding hydrogens is 256 g/mol. The summed E-state index contributed by atoms with van der Waals surface area (Å²) in [6, 6.07) is 0.137. The molecule has 0 spiro atoms. The van der Waals surface area contributed by atoms with Gasteiger partial charge in [-0.25, -0.2) is 4.79 Å². The Kier molecular flexibility index (Phi) is 6.82. The van der Waals surface area contributed by atoms with E-state index >= 15 is 0 Å². The Balaban J connectivity index is 2.51. The average Bonchev–Trinajstić information content (AvgIpc) is 2.45. The van der Waals surface area contributed by atoms with Crippen LogP contribution >= 0.6 is 0 Å². The molecule has 0 aromatic rings. The van der Waals surface area contributed by atoms with Crippen LogP contribution in [0.25, 0.3) is 0 Å². The molecule has 5 nitrogen and oxygen atoms in total. The minimum Gasteiger partial charge on any atom is -0.481 e. The Labute approximate surface area is 121 Å². The first kappa shape index (κ1) is 16.8. The van der Waals surface area contributed by atoms with Crippen molar-refractivity contribution in [3.63, 3.8) is 0 Å². The highest BCUT2D eigenvalue weighted by Gasteiger charge is 2.31. The zero-order valence-corrected chi connectivity index (χ0v) is 12.9. The van der Waals surface area contributed by atoms with Gasteiger partial charge in [-0.3, -0.25) is 4.79 Å². The van der Waals surface area contributed by atoms with Crippen LogP contribution in [0.3, 0.4) is 0 Å². The second-order valence-corrected chi connectivity index (χ2v) is 5.72. The molecule has 0 saturated heterocycles. The van der Waals surface area contributed by atoms with Crippen LogP contribution in [-0.4, -0.2) is 41.1 Å². The number of hydrogen-bond donors (Lipinski definition) is 2. The first-order chi connectivity index (χ1) is 9.51. The van der Waals surface area contributed by atoms with Crippen LogP contribution in [-0.2, 0) is 4.79 Å². The Morgan fingerprint density at radius 1 is 1.30 bits per heavy atom. The van der Waals surface area contributed by atoms with Gasteiger partial charge in [0.05, 0.1) is 5.92 Å². The molecule has 2 N–H and O–H groups in total. The zero-order valence-electron chi connectivity index (χ0n) is 12.9. The number of carboxylic acid groups (broad SMARTS) is 1. The molecule has 2 amide bonds. The molecule has 0 heterocycles. The summed E-state index contributed by atoms with van der Waals surface area (Å²) in [4.78, 5) is 25.2. The topological polar surface area (TPSA) is 69.6 Å². The van der Waals surface area contributed by atoms with Crippen LogP contribution in [0.2, 0.25) is 0 Å². The maximum absolute atomic E-state index is 12.2. The van der Waals surface area contributed by atoms with Crippen molar-refractivity contribution >= 4 is 12.0 Å². The molecule has 1 fully saturated rings. The monoisotopic (exact) mass is 284 g/mol. The SMILES string of the molecule is CCC(C)N(CC)C(=O)NCC1CCCCC1C(=O)O. The van der Waals surface area contributed by atoms with Gasteiger partial charge in [-0.15, -0.1) is 0 Å². The molecule has 0 aliphatic heterocycles. The van der Waals surface area contributed by atoms with Gasteiger partial charge in [-0.2, -0.15) is 0 Å². The van der Waals surface area contributed by atoms with Gasteiger partial charge in [0.1, 0.15) is 0 Å². The molecule has 0 radical (unpaired) electrons. The number of urea groups is 1. The lowest BCUT2D eigenvalue weighted by Crippen LogP contribution is -2.47. The number of aliphatic carboxylic acids is 1. The Morgan fingerprint density at radius 3 is 2.50 bits per heavy atom. The van der Waals surface area contributed by atoms with Gasteiger partial charge in [0.25, 0.3) is 0 Å². The van der Waals surface area contributed by atoms with Crippen molar-refractivity contribution in [1.29, 1.82) is 0 Å². The highest BCUT2D eigenvalue weighted by molar-refractivity contribution is 5.75. The molecule has 116 valence electrons. The van der Waals surface area contributed by atoms with E-state index in [1.807, 2.05) is 13.8 Å². The van der Waals surface area contributed by atoms with Crippen molar-refractivity contribution in [2.24, 2.45) is 11.8 Å². The zero-order chi connectivity index (χ0) is 15.1.